The van der Waals surface area contributed by atoms with Crippen LogP contribution in [0.5, 0.6) is 0 Å². The number of aryl methyl sites for hydroxylation is 1. The first kappa shape index (κ1) is 14.4. The van der Waals surface area contributed by atoms with Crippen molar-refractivity contribution in [1.29, 1.82) is 0 Å². The molecule has 5 nitrogen and oxygen atoms in total. The highest BCUT2D eigenvalue weighted by Gasteiger charge is 2.20. The fraction of sp³-hybridized carbons (Fsp3) is 0.538. The van der Waals surface area contributed by atoms with Gasteiger partial charge >= 0.3 is 0 Å². The summed E-state index contributed by atoms with van der Waals surface area (Å²) in [5, 5.41) is 10.9. The fourth-order valence-electron chi connectivity index (χ4n) is 1.83. The van der Waals surface area contributed by atoms with Gasteiger partial charge in [0.25, 0.3) is 5.69 Å². The first-order chi connectivity index (χ1) is 8.26. The van der Waals surface area contributed by atoms with Crippen LogP contribution in [0.3, 0.4) is 0 Å². The Hall–Kier alpha value is -1.62. The second-order valence-corrected chi connectivity index (χ2v) is 5.45. The Labute approximate surface area is 108 Å². The minimum absolute atomic E-state index is 0.0194. The molecule has 5 heteroatoms. The van der Waals surface area contributed by atoms with Gasteiger partial charge in [0.2, 0.25) is 0 Å². The van der Waals surface area contributed by atoms with Crippen molar-refractivity contribution in [2.45, 2.75) is 20.8 Å². The van der Waals surface area contributed by atoms with Gasteiger partial charge in [-0.3, -0.25) is 10.1 Å². The molecule has 0 spiro atoms. The summed E-state index contributed by atoms with van der Waals surface area (Å²) in [4.78, 5) is 12.6. The topological polar surface area (TPSA) is 72.4 Å². The molecule has 0 radical (unpaired) electrons. The molecule has 0 unspecified atom stereocenters. The number of anilines is 1. The lowest BCUT2D eigenvalue weighted by Gasteiger charge is -2.30. The number of hydrogen-bond acceptors (Lipinski definition) is 4. The van der Waals surface area contributed by atoms with Gasteiger partial charge in [0.1, 0.15) is 0 Å². The Morgan fingerprint density at radius 3 is 2.56 bits per heavy atom. The molecule has 0 aliphatic heterocycles. The number of nitro groups is 1. The molecule has 1 aromatic carbocycles. The molecule has 0 heterocycles. The highest BCUT2D eigenvalue weighted by molar-refractivity contribution is 5.56. The first-order valence-electron chi connectivity index (χ1n) is 5.93. The maximum Gasteiger partial charge on any atom is 0.274 e. The van der Waals surface area contributed by atoms with Crippen LogP contribution in [0.25, 0.3) is 0 Å². The van der Waals surface area contributed by atoms with E-state index in [0.717, 1.165) is 12.2 Å². The third-order valence-corrected chi connectivity index (χ3v) is 3.05. The van der Waals surface area contributed by atoms with Crippen LogP contribution in [0.2, 0.25) is 0 Å². The molecule has 0 amide bonds. The van der Waals surface area contributed by atoms with Gasteiger partial charge < -0.3 is 10.6 Å². The minimum atomic E-state index is -0.346. The average molecular weight is 251 g/mol. The summed E-state index contributed by atoms with van der Waals surface area (Å²) >= 11 is 0. The Morgan fingerprint density at radius 2 is 2.06 bits per heavy atom. The molecule has 0 aliphatic carbocycles. The van der Waals surface area contributed by atoms with Gasteiger partial charge in [-0.15, -0.1) is 0 Å². The molecule has 18 heavy (non-hydrogen) atoms. The molecule has 1 rings (SSSR count). The van der Waals surface area contributed by atoms with Gasteiger partial charge in [-0.25, -0.2) is 0 Å². The maximum absolute atomic E-state index is 10.9. The lowest BCUT2D eigenvalue weighted by Crippen LogP contribution is -2.36. The summed E-state index contributed by atoms with van der Waals surface area (Å²) in [5.74, 6) is 0. The third-order valence-electron chi connectivity index (χ3n) is 3.05. The fourth-order valence-corrected chi connectivity index (χ4v) is 1.83. The van der Waals surface area contributed by atoms with E-state index in [1.165, 1.54) is 0 Å². The van der Waals surface area contributed by atoms with Crippen molar-refractivity contribution in [3.05, 3.63) is 33.9 Å². The van der Waals surface area contributed by atoms with Crippen LogP contribution in [-0.4, -0.2) is 25.1 Å². The minimum Gasteiger partial charge on any atom is -0.374 e. The van der Waals surface area contributed by atoms with Crippen molar-refractivity contribution >= 4 is 11.4 Å². The second-order valence-electron chi connectivity index (χ2n) is 5.45. The smallest absolute Gasteiger partial charge is 0.274 e. The SMILES string of the molecule is Cc1ccc(N(C)CC(C)(C)CN)cc1[N+](=O)[O-]. The highest BCUT2D eigenvalue weighted by atomic mass is 16.6. The van der Waals surface area contributed by atoms with E-state index in [0.29, 0.717) is 12.1 Å². The van der Waals surface area contributed by atoms with E-state index in [1.807, 2.05) is 18.0 Å². The van der Waals surface area contributed by atoms with E-state index in [9.17, 15) is 10.1 Å². The summed E-state index contributed by atoms with van der Waals surface area (Å²) in [5.41, 5.74) is 7.36. The number of nitrogens with two attached hydrogens (primary N) is 1. The van der Waals surface area contributed by atoms with Crippen molar-refractivity contribution in [3.8, 4) is 0 Å². The number of benzene rings is 1. The van der Waals surface area contributed by atoms with Crippen molar-refractivity contribution in [2.24, 2.45) is 11.1 Å². The van der Waals surface area contributed by atoms with Crippen LogP contribution in [0.15, 0.2) is 18.2 Å². The quantitative estimate of drug-likeness (QED) is 0.644. The molecule has 0 aromatic heterocycles. The molecule has 0 aliphatic rings. The lowest BCUT2D eigenvalue weighted by molar-refractivity contribution is -0.385. The Kier molecular flexibility index (Phi) is 4.29. The van der Waals surface area contributed by atoms with Crippen molar-refractivity contribution in [2.75, 3.05) is 25.0 Å². The van der Waals surface area contributed by atoms with Gasteiger partial charge in [0.15, 0.2) is 0 Å². The molecule has 0 atom stereocenters. The molecular formula is C13H21N3O2. The molecule has 0 saturated heterocycles. The second kappa shape index (κ2) is 5.35. The summed E-state index contributed by atoms with van der Waals surface area (Å²) in [6.07, 6.45) is 0. The summed E-state index contributed by atoms with van der Waals surface area (Å²) in [6, 6.07) is 5.29. The van der Waals surface area contributed by atoms with Crippen molar-refractivity contribution < 1.29 is 4.92 Å². The molecule has 2 N–H and O–H groups in total. The Bertz CT molecular complexity index is 444. The summed E-state index contributed by atoms with van der Waals surface area (Å²) < 4.78 is 0. The van der Waals surface area contributed by atoms with Crippen LogP contribution in [-0.2, 0) is 0 Å². The zero-order valence-electron chi connectivity index (χ0n) is 11.4. The van der Waals surface area contributed by atoms with E-state index in [-0.39, 0.29) is 16.0 Å². The number of nitro benzene ring substituents is 1. The predicted molar refractivity (Wildman–Crippen MR) is 73.9 cm³/mol. The van der Waals surface area contributed by atoms with Gasteiger partial charge in [-0.2, -0.15) is 0 Å². The lowest BCUT2D eigenvalue weighted by atomic mass is 9.93. The van der Waals surface area contributed by atoms with Crippen LogP contribution in [0, 0.1) is 22.5 Å². The molecule has 0 bridgehead atoms. The van der Waals surface area contributed by atoms with E-state index in [2.05, 4.69) is 13.8 Å². The zero-order valence-corrected chi connectivity index (χ0v) is 11.4. The van der Waals surface area contributed by atoms with Gasteiger partial charge in [0.05, 0.1) is 4.92 Å². The molecule has 0 saturated carbocycles. The highest BCUT2D eigenvalue weighted by Crippen LogP contribution is 2.26. The Balaban J connectivity index is 2.97. The monoisotopic (exact) mass is 251 g/mol. The van der Waals surface area contributed by atoms with E-state index in [4.69, 9.17) is 5.73 Å². The average Bonchev–Trinajstić information content (AvgIpc) is 2.28. The summed E-state index contributed by atoms with van der Waals surface area (Å²) in [6.45, 7) is 7.22. The van der Waals surface area contributed by atoms with Crippen LogP contribution < -0.4 is 10.6 Å². The van der Waals surface area contributed by atoms with Crippen LogP contribution in [0.4, 0.5) is 11.4 Å². The molecule has 1 aromatic rings. The molecule has 0 fully saturated rings. The Morgan fingerprint density at radius 1 is 1.44 bits per heavy atom. The van der Waals surface area contributed by atoms with E-state index >= 15 is 0 Å². The normalized spacial score (nSPS) is 11.4. The number of nitrogens with zero attached hydrogens (tertiary/aromatic N) is 2. The van der Waals surface area contributed by atoms with Gasteiger partial charge in [-0.05, 0) is 24.9 Å². The van der Waals surface area contributed by atoms with Gasteiger partial charge in [0, 0.05) is 30.9 Å². The zero-order chi connectivity index (χ0) is 13.9. The first-order valence-corrected chi connectivity index (χ1v) is 5.93. The molecular weight excluding hydrogens is 230 g/mol. The third kappa shape index (κ3) is 3.43. The number of hydrogen-bond donors (Lipinski definition) is 1. The van der Waals surface area contributed by atoms with Crippen molar-refractivity contribution in [1.82, 2.24) is 0 Å². The van der Waals surface area contributed by atoms with Gasteiger partial charge in [-0.1, -0.05) is 19.9 Å². The van der Waals surface area contributed by atoms with E-state index < -0.39 is 0 Å². The summed E-state index contributed by atoms with van der Waals surface area (Å²) in [7, 11) is 1.92. The standard InChI is InChI=1S/C13H21N3O2/c1-10-5-6-11(7-12(10)16(17)18)15(4)9-13(2,3)8-14/h5-7H,8-9,14H2,1-4H3. The van der Waals surface area contributed by atoms with Crippen LogP contribution in [0.1, 0.15) is 19.4 Å². The number of rotatable bonds is 5. The predicted octanol–water partition coefficient (Wildman–Crippen LogP) is 2.32. The largest absolute Gasteiger partial charge is 0.374 e. The van der Waals surface area contributed by atoms with E-state index in [1.54, 1.807) is 19.1 Å². The maximum atomic E-state index is 10.9. The van der Waals surface area contributed by atoms with Crippen molar-refractivity contribution in [3.63, 3.8) is 0 Å². The molecule has 100 valence electrons. The van der Waals surface area contributed by atoms with Crippen LogP contribution >= 0.6 is 0 Å².